The van der Waals surface area contributed by atoms with E-state index in [1.807, 2.05) is 30.4 Å². The summed E-state index contributed by atoms with van der Waals surface area (Å²) in [5.74, 6) is 1.28. The Morgan fingerprint density at radius 1 is 1.46 bits per heavy atom. The van der Waals surface area contributed by atoms with Crippen LogP contribution in [0.15, 0.2) is 24.5 Å². The number of aromatic nitrogens is 1. The molecule has 0 aliphatic carbocycles. The van der Waals surface area contributed by atoms with Crippen LogP contribution in [0.25, 0.3) is 0 Å². The minimum atomic E-state index is 1.04. The van der Waals surface area contributed by atoms with Crippen LogP contribution in [0.4, 0.5) is 0 Å². The molecule has 0 N–H and O–H groups in total. The van der Waals surface area contributed by atoms with Gasteiger partial charge in [0.25, 0.3) is 0 Å². The van der Waals surface area contributed by atoms with Crippen molar-refractivity contribution in [2.45, 2.75) is 19.4 Å². The van der Waals surface area contributed by atoms with Crippen LogP contribution < -0.4 is 0 Å². The van der Waals surface area contributed by atoms with Crippen molar-refractivity contribution in [1.82, 2.24) is 9.29 Å². The number of hydrogen-bond donors (Lipinski definition) is 0. The Kier molecular flexibility index (Phi) is 3.22. The van der Waals surface area contributed by atoms with E-state index in [4.69, 9.17) is 0 Å². The van der Waals surface area contributed by atoms with Gasteiger partial charge in [0.1, 0.15) is 0 Å². The van der Waals surface area contributed by atoms with E-state index in [1.165, 1.54) is 30.7 Å². The van der Waals surface area contributed by atoms with E-state index in [-0.39, 0.29) is 0 Å². The van der Waals surface area contributed by atoms with E-state index >= 15 is 0 Å². The normalized spacial score (nSPS) is 18.8. The summed E-state index contributed by atoms with van der Waals surface area (Å²) in [6.45, 7) is 2.26. The van der Waals surface area contributed by atoms with Gasteiger partial charge in [-0.05, 0) is 24.5 Å². The lowest BCUT2D eigenvalue weighted by atomic mass is 10.2. The van der Waals surface area contributed by atoms with Crippen molar-refractivity contribution < 1.29 is 0 Å². The average molecular weight is 194 g/mol. The summed E-state index contributed by atoms with van der Waals surface area (Å²) < 4.78 is 2.43. The summed E-state index contributed by atoms with van der Waals surface area (Å²) in [6.07, 6.45) is 6.49. The third kappa shape index (κ3) is 2.71. The Morgan fingerprint density at radius 2 is 2.46 bits per heavy atom. The molecule has 0 unspecified atom stereocenters. The maximum Gasteiger partial charge on any atom is 0.0355 e. The number of nitrogens with zero attached hydrogens (tertiary/aromatic N) is 2. The van der Waals surface area contributed by atoms with Crippen molar-refractivity contribution in [3.8, 4) is 0 Å². The van der Waals surface area contributed by atoms with Gasteiger partial charge in [0, 0.05) is 31.2 Å². The standard InChI is InChI=1S/C10H14N2S/c1-2-7-13-12(6-1)9-10-4-3-5-11-8-10/h3-5,8H,1-2,6-7,9H2. The van der Waals surface area contributed by atoms with Crippen LogP contribution in [0, 0.1) is 0 Å². The summed E-state index contributed by atoms with van der Waals surface area (Å²) >= 11 is 1.96. The van der Waals surface area contributed by atoms with Crippen LogP contribution in [0.3, 0.4) is 0 Å². The van der Waals surface area contributed by atoms with Crippen molar-refractivity contribution in [1.29, 1.82) is 0 Å². The molecular weight excluding hydrogens is 180 g/mol. The second-order valence-corrected chi connectivity index (χ2v) is 4.45. The van der Waals surface area contributed by atoms with Gasteiger partial charge in [-0.2, -0.15) is 0 Å². The summed E-state index contributed by atoms with van der Waals surface area (Å²) in [5, 5.41) is 0. The van der Waals surface area contributed by atoms with Crippen LogP contribution in [0.1, 0.15) is 18.4 Å². The lowest BCUT2D eigenvalue weighted by molar-refractivity contribution is 0.436. The molecule has 0 aromatic carbocycles. The summed E-state index contributed by atoms with van der Waals surface area (Å²) in [7, 11) is 0. The third-order valence-electron chi connectivity index (χ3n) is 2.16. The Hall–Kier alpha value is -0.540. The van der Waals surface area contributed by atoms with E-state index in [1.54, 1.807) is 0 Å². The van der Waals surface area contributed by atoms with Gasteiger partial charge in [-0.3, -0.25) is 4.98 Å². The Balaban J connectivity index is 1.90. The molecule has 1 aliphatic rings. The Morgan fingerprint density at radius 3 is 3.15 bits per heavy atom. The fraction of sp³-hybridized carbons (Fsp3) is 0.500. The molecule has 2 rings (SSSR count). The van der Waals surface area contributed by atoms with Crippen molar-refractivity contribution in [3.63, 3.8) is 0 Å². The molecule has 2 heterocycles. The quantitative estimate of drug-likeness (QED) is 0.672. The minimum absolute atomic E-state index is 1.04. The first-order valence-electron chi connectivity index (χ1n) is 4.72. The fourth-order valence-electron chi connectivity index (χ4n) is 1.47. The van der Waals surface area contributed by atoms with Crippen molar-refractivity contribution in [3.05, 3.63) is 30.1 Å². The highest BCUT2D eigenvalue weighted by molar-refractivity contribution is 7.97. The molecular formula is C10H14N2S. The first kappa shape index (κ1) is 9.03. The smallest absolute Gasteiger partial charge is 0.0355 e. The maximum atomic E-state index is 4.11. The van der Waals surface area contributed by atoms with Crippen molar-refractivity contribution in [2.24, 2.45) is 0 Å². The second kappa shape index (κ2) is 4.63. The number of rotatable bonds is 2. The molecule has 0 amide bonds. The molecule has 1 aliphatic heterocycles. The van der Waals surface area contributed by atoms with Crippen LogP contribution in [-0.4, -0.2) is 21.6 Å². The van der Waals surface area contributed by atoms with Gasteiger partial charge in [-0.15, -0.1) is 0 Å². The van der Waals surface area contributed by atoms with Gasteiger partial charge in [-0.25, -0.2) is 4.31 Å². The summed E-state index contributed by atoms with van der Waals surface area (Å²) in [4.78, 5) is 4.11. The zero-order valence-electron chi connectivity index (χ0n) is 7.65. The fourth-order valence-corrected chi connectivity index (χ4v) is 2.56. The van der Waals surface area contributed by atoms with Crippen molar-refractivity contribution >= 4 is 11.9 Å². The highest BCUT2D eigenvalue weighted by Crippen LogP contribution is 2.21. The van der Waals surface area contributed by atoms with Gasteiger partial charge in [0.05, 0.1) is 0 Å². The molecule has 1 aromatic rings. The predicted molar refractivity (Wildman–Crippen MR) is 56.3 cm³/mol. The molecule has 1 fully saturated rings. The molecule has 70 valence electrons. The van der Waals surface area contributed by atoms with Crippen LogP contribution in [-0.2, 0) is 6.54 Å². The highest BCUT2D eigenvalue weighted by atomic mass is 32.2. The molecule has 0 saturated carbocycles. The molecule has 0 spiro atoms. The zero-order chi connectivity index (χ0) is 8.93. The molecule has 0 bridgehead atoms. The SMILES string of the molecule is c1cncc(CN2CCCCS2)c1. The minimum Gasteiger partial charge on any atom is -0.264 e. The largest absolute Gasteiger partial charge is 0.264 e. The molecule has 1 saturated heterocycles. The summed E-state index contributed by atoms with van der Waals surface area (Å²) in [5.41, 5.74) is 1.32. The Labute approximate surface area is 83.5 Å². The molecule has 13 heavy (non-hydrogen) atoms. The molecule has 1 aromatic heterocycles. The third-order valence-corrected chi connectivity index (χ3v) is 3.31. The Bertz CT molecular complexity index is 244. The highest BCUT2D eigenvalue weighted by Gasteiger charge is 2.10. The van der Waals surface area contributed by atoms with Gasteiger partial charge < -0.3 is 0 Å². The van der Waals surface area contributed by atoms with E-state index in [9.17, 15) is 0 Å². The number of hydrogen-bond acceptors (Lipinski definition) is 3. The first-order chi connectivity index (χ1) is 6.45. The van der Waals surface area contributed by atoms with Crippen LogP contribution >= 0.6 is 11.9 Å². The molecule has 0 atom stereocenters. The lowest BCUT2D eigenvalue weighted by Crippen LogP contribution is -2.21. The van der Waals surface area contributed by atoms with E-state index in [0.717, 1.165) is 6.54 Å². The summed E-state index contributed by atoms with van der Waals surface area (Å²) in [6, 6.07) is 4.14. The van der Waals surface area contributed by atoms with E-state index in [2.05, 4.69) is 15.4 Å². The van der Waals surface area contributed by atoms with Gasteiger partial charge in [-0.1, -0.05) is 18.0 Å². The van der Waals surface area contributed by atoms with Gasteiger partial charge in [0.15, 0.2) is 0 Å². The predicted octanol–water partition coefficient (Wildman–Crippen LogP) is 2.33. The second-order valence-electron chi connectivity index (χ2n) is 3.27. The zero-order valence-corrected chi connectivity index (χ0v) is 8.46. The molecule has 3 heteroatoms. The maximum absolute atomic E-state index is 4.11. The van der Waals surface area contributed by atoms with E-state index < -0.39 is 0 Å². The lowest BCUT2D eigenvalue weighted by Gasteiger charge is -2.24. The van der Waals surface area contributed by atoms with Gasteiger partial charge >= 0.3 is 0 Å². The first-order valence-corrected chi connectivity index (χ1v) is 5.66. The van der Waals surface area contributed by atoms with E-state index in [0.29, 0.717) is 0 Å². The average Bonchev–Trinajstić information content (AvgIpc) is 2.21. The van der Waals surface area contributed by atoms with Crippen LogP contribution in [0.2, 0.25) is 0 Å². The molecule has 2 nitrogen and oxygen atoms in total. The van der Waals surface area contributed by atoms with Crippen molar-refractivity contribution in [2.75, 3.05) is 12.3 Å². The van der Waals surface area contributed by atoms with Gasteiger partial charge in [0.2, 0.25) is 0 Å². The topological polar surface area (TPSA) is 16.1 Å². The monoisotopic (exact) mass is 194 g/mol. The van der Waals surface area contributed by atoms with Crippen LogP contribution in [0.5, 0.6) is 0 Å². The number of pyridine rings is 1. The molecule has 0 radical (unpaired) electrons.